The van der Waals surface area contributed by atoms with Gasteiger partial charge in [-0.15, -0.1) is 0 Å². The average molecular weight is 280 g/mol. The highest BCUT2D eigenvalue weighted by molar-refractivity contribution is 4.88. The summed E-state index contributed by atoms with van der Waals surface area (Å²) in [6, 6.07) is 0.656. The second kappa shape index (κ2) is 6.79. The van der Waals surface area contributed by atoms with Crippen LogP contribution in [0.1, 0.15) is 66.2 Å². The van der Waals surface area contributed by atoms with E-state index in [1.54, 1.807) is 0 Å². The maximum atomic E-state index is 6.15. The third kappa shape index (κ3) is 3.98. The van der Waals surface area contributed by atoms with Crippen molar-refractivity contribution in [2.45, 2.75) is 72.3 Å². The van der Waals surface area contributed by atoms with Crippen LogP contribution in [0.5, 0.6) is 0 Å². The molecule has 2 fully saturated rings. The zero-order chi connectivity index (χ0) is 14.8. The quantitative estimate of drug-likeness (QED) is 0.849. The zero-order valence-corrected chi connectivity index (χ0v) is 14.2. The maximum Gasteiger partial charge on any atom is 0.0246 e. The summed E-state index contributed by atoms with van der Waals surface area (Å²) >= 11 is 0. The number of hydrogen-bond acceptors (Lipinski definition) is 2. The van der Waals surface area contributed by atoms with Crippen LogP contribution >= 0.6 is 0 Å². The molecule has 0 aromatic heterocycles. The minimum atomic E-state index is 0.477. The van der Waals surface area contributed by atoms with Crippen molar-refractivity contribution in [3.63, 3.8) is 0 Å². The summed E-state index contributed by atoms with van der Waals surface area (Å²) in [4.78, 5) is 2.73. The molecule has 2 aliphatic rings. The van der Waals surface area contributed by atoms with Crippen molar-refractivity contribution >= 4 is 0 Å². The van der Waals surface area contributed by atoms with Crippen molar-refractivity contribution in [2.24, 2.45) is 28.9 Å². The second-order valence-corrected chi connectivity index (χ2v) is 8.50. The Balaban J connectivity index is 1.87. The van der Waals surface area contributed by atoms with Gasteiger partial charge in [-0.3, -0.25) is 4.90 Å². The lowest BCUT2D eigenvalue weighted by molar-refractivity contribution is 0.0502. The van der Waals surface area contributed by atoms with Gasteiger partial charge in [-0.1, -0.05) is 40.5 Å². The molecule has 20 heavy (non-hydrogen) atoms. The van der Waals surface area contributed by atoms with Gasteiger partial charge in [-0.25, -0.2) is 0 Å². The van der Waals surface area contributed by atoms with Gasteiger partial charge in [0.2, 0.25) is 0 Å². The van der Waals surface area contributed by atoms with Crippen molar-refractivity contribution < 1.29 is 0 Å². The molecule has 118 valence electrons. The molecule has 1 aliphatic carbocycles. The van der Waals surface area contributed by atoms with E-state index in [1.165, 1.54) is 51.6 Å². The normalized spacial score (nSPS) is 32.2. The molecule has 2 heteroatoms. The molecule has 1 atom stereocenters. The van der Waals surface area contributed by atoms with Gasteiger partial charge < -0.3 is 5.73 Å². The molecule has 1 unspecified atom stereocenters. The molecule has 0 bridgehead atoms. The van der Waals surface area contributed by atoms with Gasteiger partial charge in [0.15, 0.2) is 0 Å². The van der Waals surface area contributed by atoms with Gasteiger partial charge in [0.05, 0.1) is 0 Å². The third-order valence-electron chi connectivity index (χ3n) is 6.07. The molecule has 2 rings (SSSR count). The average Bonchev–Trinajstić information content (AvgIpc) is 2.41. The van der Waals surface area contributed by atoms with Crippen LogP contribution in [-0.4, -0.2) is 30.6 Å². The summed E-state index contributed by atoms with van der Waals surface area (Å²) in [6.45, 7) is 13.0. The Hall–Kier alpha value is -0.0800. The van der Waals surface area contributed by atoms with Crippen molar-refractivity contribution in [1.29, 1.82) is 0 Å². The summed E-state index contributed by atoms with van der Waals surface area (Å²) in [5.41, 5.74) is 6.62. The van der Waals surface area contributed by atoms with E-state index < -0.39 is 0 Å². The Morgan fingerprint density at radius 2 is 1.55 bits per heavy atom. The smallest absolute Gasteiger partial charge is 0.0246 e. The first-order valence-electron chi connectivity index (χ1n) is 8.86. The SMILES string of the molecule is CC1CCC(C(CN)N2CCC(C(C)(C)C)CC2)CC1. The number of nitrogens with zero attached hydrogens (tertiary/aromatic N) is 1. The van der Waals surface area contributed by atoms with E-state index in [4.69, 9.17) is 5.73 Å². The number of rotatable bonds is 3. The summed E-state index contributed by atoms with van der Waals surface area (Å²) in [7, 11) is 0. The first-order chi connectivity index (χ1) is 9.41. The monoisotopic (exact) mass is 280 g/mol. The van der Waals surface area contributed by atoms with E-state index in [0.29, 0.717) is 11.5 Å². The van der Waals surface area contributed by atoms with Gasteiger partial charge in [-0.2, -0.15) is 0 Å². The summed E-state index contributed by atoms with van der Waals surface area (Å²) in [5.74, 6) is 2.70. The van der Waals surface area contributed by atoms with E-state index in [1.807, 2.05) is 0 Å². The first-order valence-corrected chi connectivity index (χ1v) is 8.86. The van der Waals surface area contributed by atoms with Gasteiger partial charge >= 0.3 is 0 Å². The fourth-order valence-corrected chi connectivity index (χ4v) is 4.41. The van der Waals surface area contributed by atoms with Crippen LogP contribution in [0.15, 0.2) is 0 Å². The molecule has 0 aromatic carbocycles. The highest BCUT2D eigenvalue weighted by Gasteiger charge is 2.34. The molecular formula is C18H36N2. The van der Waals surface area contributed by atoms with Gasteiger partial charge in [0.1, 0.15) is 0 Å². The maximum absolute atomic E-state index is 6.15. The Bertz CT molecular complexity index is 278. The summed E-state index contributed by atoms with van der Waals surface area (Å²) < 4.78 is 0. The number of nitrogens with two attached hydrogens (primary N) is 1. The van der Waals surface area contributed by atoms with Crippen molar-refractivity contribution in [3.8, 4) is 0 Å². The number of piperidine rings is 1. The molecule has 0 amide bonds. The van der Waals surface area contributed by atoms with Crippen LogP contribution in [0, 0.1) is 23.2 Å². The van der Waals surface area contributed by atoms with E-state index in [-0.39, 0.29) is 0 Å². The predicted octanol–water partition coefficient (Wildman–Crippen LogP) is 3.90. The largest absolute Gasteiger partial charge is 0.329 e. The lowest BCUT2D eigenvalue weighted by Crippen LogP contribution is -2.50. The highest BCUT2D eigenvalue weighted by Crippen LogP contribution is 2.37. The molecule has 0 spiro atoms. The van der Waals surface area contributed by atoms with Crippen molar-refractivity contribution in [2.75, 3.05) is 19.6 Å². The fourth-order valence-electron chi connectivity index (χ4n) is 4.41. The topological polar surface area (TPSA) is 29.3 Å². The second-order valence-electron chi connectivity index (χ2n) is 8.50. The molecule has 1 aliphatic heterocycles. The summed E-state index contributed by atoms with van der Waals surface area (Å²) in [5, 5.41) is 0. The standard InChI is InChI=1S/C18H36N2/c1-14-5-7-15(8-6-14)17(13-19)20-11-9-16(10-12-20)18(2,3)4/h14-17H,5-13,19H2,1-4H3. The zero-order valence-electron chi connectivity index (χ0n) is 14.2. The van der Waals surface area contributed by atoms with Crippen molar-refractivity contribution in [3.05, 3.63) is 0 Å². The van der Waals surface area contributed by atoms with Crippen LogP contribution in [0.25, 0.3) is 0 Å². The fraction of sp³-hybridized carbons (Fsp3) is 1.00. The van der Waals surface area contributed by atoms with Gasteiger partial charge in [0, 0.05) is 12.6 Å². The van der Waals surface area contributed by atoms with Gasteiger partial charge in [0.25, 0.3) is 0 Å². The van der Waals surface area contributed by atoms with E-state index in [0.717, 1.165) is 24.3 Å². The van der Waals surface area contributed by atoms with Gasteiger partial charge in [-0.05, 0) is 61.9 Å². The molecular weight excluding hydrogens is 244 g/mol. The highest BCUT2D eigenvalue weighted by atomic mass is 15.2. The van der Waals surface area contributed by atoms with Crippen LogP contribution in [0.3, 0.4) is 0 Å². The number of likely N-dealkylation sites (tertiary alicyclic amines) is 1. The van der Waals surface area contributed by atoms with Crippen LogP contribution in [0.2, 0.25) is 0 Å². The molecule has 1 saturated carbocycles. The first kappa shape index (κ1) is 16.3. The Labute approximate surface area is 126 Å². The van der Waals surface area contributed by atoms with Crippen LogP contribution in [-0.2, 0) is 0 Å². The molecule has 0 aromatic rings. The Morgan fingerprint density at radius 3 is 2.00 bits per heavy atom. The van der Waals surface area contributed by atoms with Crippen LogP contribution in [0.4, 0.5) is 0 Å². The van der Waals surface area contributed by atoms with Crippen LogP contribution < -0.4 is 5.73 Å². The third-order valence-corrected chi connectivity index (χ3v) is 6.07. The molecule has 2 N–H and O–H groups in total. The Morgan fingerprint density at radius 1 is 1.00 bits per heavy atom. The lowest BCUT2D eigenvalue weighted by Gasteiger charge is -2.45. The molecule has 1 heterocycles. The number of hydrogen-bond donors (Lipinski definition) is 1. The molecule has 0 radical (unpaired) electrons. The van der Waals surface area contributed by atoms with Crippen molar-refractivity contribution in [1.82, 2.24) is 4.90 Å². The van der Waals surface area contributed by atoms with E-state index in [2.05, 4.69) is 32.6 Å². The summed E-state index contributed by atoms with van der Waals surface area (Å²) in [6.07, 6.45) is 8.37. The van der Waals surface area contributed by atoms with E-state index in [9.17, 15) is 0 Å². The minimum absolute atomic E-state index is 0.477. The molecule has 1 saturated heterocycles. The lowest BCUT2D eigenvalue weighted by atomic mass is 9.74. The minimum Gasteiger partial charge on any atom is -0.329 e. The molecule has 2 nitrogen and oxygen atoms in total. The Kier molecular flexibility index (Phi) is 5.53. The van der Waals surface area contributed by atoms with E-state index >= 15 is 0 Å². The predicted molar refractivity (Wildman–Crippen MR) is 87.7 cm³/mol.